The lowest BCUT2D eigenvalue weighted by atomic mass is 9.83. The van der Waals surface area contributed by atoms with E-state index >= 15 is 0 Å². The standard InChI is InChI=1S/C7H7BN4O2/c13-8(14)6-4-10-12(5-6)7-2-1-3-9-11-7/h1-5,13-14H. The average molecular weight is 190 g/mol. The Morgan fingerprint density at radius 1 is 1.36 bits per heavy atom. The van der Waals surface area contributed by atoms with Gasteiger partial charge in [0.25, 0.3) is 0 Å². The van der Waals surface area contributed by atoms with Gasteiger partial charge in [-0.15, -0.1) is 5.10 Å². The van der Waals surface area contributed by atoms with Crippen molar-refractivity contribution < 1.29 is 10.0 Å². The predicted molar refractivity (Wildman–Crippen MR) is 49.0 cm³/mol. The third-order valence-electron chi connectivity index (χ3n) is 1.69. The number of aromatic nitrogens is 4. The molecule has 0 radical (unpaired) electrons. The van der Waals surface area contributed by atoms with Crippen LogP contribution in [-0.4, -0.2) is 37.1 Å². The third kappa shape index (κ3) is 1.63. The molecule has 0 aliphatic rings. The van der Waals surface area contributed by atoms with Crippen molar-refractivity contribution in [2.24, 2.45) is 0 Å². The monoisotopic (exact) mass is 190 g/mol. The van der Waals surface area contributed by atoms with Crippen LogP contribution in [0.2, 0.25) is 0 Å². The van der Waals surface area contributed by atoms with Gasteiger partial charge in [0.2, 0.25) is 0 Å². The Balaban J connectivity index is 2.34. The molecule has 0 amide bonds. The summed E-state index contributed by atoms with van der Waals surface area (Å²) in [5.41, 5.74) is 0.315. The van der Waals surface area contributed by atoms with Crippen LogP contribution in [0.25, 0.3) is 5.82 Å². The van der Waals surface area contributed by atoms with E-state index in [2.05, 4.69) is 15.3 Å². The maximum atomic E-state index is 8.85. The molecule has 0 aromatic carbocycles. The van der Waals surface area contributed by atoms with Gasteiger partial charge < -0.3 is 10.0 Å². The first-order valence-corrected chi connectivity index (χ1v) is 3.96. The van der Waals surface area contributed by atoms with Crippen LogP contribution in [0.4, 0.5) is 0 Å². The lowest BCUT2D eigenvalue weighted by molar-refractivity contribution is 0.426. The van der Waals surface area contributed by atoms with Crippen LogP contribution in [0.5, 0.6) is 0 Å². The number of hydrogen-bond acceptors (Lipinski definition) is 5. The molecule has 0 aliphatic carbocycles. The Morgan fingerprint density at radius 3 is 2.79 bits per heavy atom. The molecule has 2 N–H and O–H groups in total. The number of rotatable bonds is 2. The van der Waals surface area contributed by atoms with Gasteiger partial charge in [-0.3, -0.25) is 0 Å². The Kier molecular flexibility index (Phi) is 2.25. The first-order valence-electron chi connectivity index (χ1n) is 3.96. The minimum absolute atomic E-state index is 0.315. The van der Waals surface area contributed by atoms with E-state index in [9.17, 15) is 0 Å². The van der Waals surface area contributed by atoms with E-state index in [0.717, 1.165) is 0 Å². The fourth-order valence-corrected chi connectivity index (χ4v) is 1.01. The van der Waals surface area contributed by atoms with Crippen molar-refractivity contribution >= 4 is 12.6 Å². The summed E-state index contributed by atoms with van der Waals surface area (Å²) in [7, 11) is -1.51. The fourth-order valence-electron chi connectivity index (χ4n) is 1.01. The van der Waals surface area contributed by atoms with E-state index in [1.807, 2.05) is 0 Å². The van der Waals surface area contributed by atoms with Crippen molar-refractivity contribution in [3.05, 3.63) is 30.7 Å². The molecular formula is C7H7BN4O2. The first-order chi connectivity index (χ1) is 6.77. The second kappa shape index (κ2) is 3.56. The smallest absolute Gasteiger partial charge is 0.423 e. The highest BCUT2D eigenvalue weighted by atomic mass is 16.4. The Labute approximate surface area is 80.0 Å². The van der Waals surface area contributed by atoms with Crippen molar-refractivity contribution in [3.63, 3.8) is 0 Å². The molecule has 70 valence electrons. The molecule has 2 heterocycles. The van der Waals surface area contributed by atoms with Crippen molar-refractivity contribution in [1.29, 1.82) is 0 Å². The molecule has 2 aromatic rings. The second-order valence-electron chi connectivity index (χ2n) is 2.67. The van der Waals surface area contributed by atoms with Gasteiger partial charge in [0, 0.05) is 24.1 Å². The third-order valence-corrected chi connectivity index (χ3v) is 1.69. The molecule has 0 bridgehead atoms. The molecule has 0 fully saturated rings. The van der Waals surface area contributed by atoms with Crippen molar-refractivity contribution in [1.82, 2.24) is 20.0 Å². The van der Waals surface area contributed by atoms with Gasteiger partial charge in [-0.1, -0.05) is 0 Å². The van der Waals surface area contributed by atoms with Gasteiger partial charge in [-0.25, -0.2) is 4.68 Å². The Hall–Kier alpha value is -1.73. The van der Waals surface area contributed by atoms with Gasteiger partial charge in [0.05, 0.1) is 0 Å². The summed E-state index contributed by atoms with van der Waals surface area (Å²) in [6.07, 6.45) is 4.39. The van der Waals surface area contributed by atoms with E-state index in [4.69, 9.17) is 10.0 Å². The molecule has 0 atom stereocenters. The van der Waals surface area contributed by atoms with Gasteiger partial charge in [-0.2, -0.15) is 10.2 Å². The molecule has 2 aromatic heterocycles. The van der Waals surface area contributed by atoms with Crippen molar-refractivity contribution in [2.75, 3.05) is 0 Å². The van der Waals surface area contributed by atoms with E-state index in [1.54, 1.807) is 18.3 Å². The zero-order chi connectivity index (χ0) is 9.97. The first kappa shape index (κ1) is 8.85. The minimum atomic E-state index is -1.51. The molecule has 6 nitrogen and oxygen atoms in total. The highest BCUT2D eigenvalue weighted by Gasteiger charge is 2.13. The van der Waals surface area contributed by atoms with E-state index in [-0.39, 0.29) is 0 Å². The van der Waals surface area contributed by atoms with Gasteiger partial charge in [0.1, 0.15) is 0 Å². The summed E-state index contributed by atoms with van der Waals surface area (Å²) in [4.78, 5) is 0. The van der Waals surface area contributed by atoms with Gasteiger partial charge in [-0.05, 0) is 12.1 Å². The highest BCUT2D eigenvalue weighted by molar-refractivity contribution is 6.58. The molecule has 0 saturated heterocycles. The van der Waals surface area contributed by atoms with Crippen LogP contribution in [0.15, 0.2) is 30.7 Å². The minimum Gasteiger partial charge on any atom is -0.423 e. The molecule has 0 saturated carbocycles. The summed E-state index contributed by atoms with van der Waals surface area (Å²) in [5.74, 6) is 0.527. The summed E-state index contributed by atoms with van der Waals surface area (Å²) < 4.78 is 1.42. The van der Waals surface area contributed by atoms with Crippen LogP contribution >= 0.6 is 0 Å². The van der Waals surface area contributed by atoms with E-state index in [0.29, 0.717) is 11.3 Å². The van der Waals surface area contributed by atoms with Crippen molar-refractivity contribution in [3.8, 4) is 5.82 Å². The largest absolute Gasteiger partial charge is 0.491 e. The summed E-state index contributed by atoms with van der Waals surface area (Å²) in [6.45, 7) is 0. The Bertz CT molecular complexity index is 417. The molecule has 0 spiro atoms. The molecule has 0 unspecified atom stereocenters. The van der Waals surface area contributed by atoms with Gasteiger partial charge >= 0.3 is 7.12 Å². The summed E-state index contributed by atoms with van der Waals surface area (Å²) in [5, 5.41) is 29.1. The zero-order valence-corrected chi connectivity index (χ0v) is 7.15. The van der Waals surface area contributed by atoms with Crippen LogP contribution < -0.4 is 5.46 Å². The van der Waals surface area contributed by atoms with Crippen molar-refractivity contribution in [2.45, 2.75) is 0 Å². The maximum absolute atomic E-state index is 8.85. The second-order valence-corrected chi connectivity index (χ2v) is 2.67. The van der Waals surface area contributed by atoms with E-state index < -0.39 is 7.12 Å². The summed E-state index contributed by atoms with van der Waals surface area (Å²) in [6, 6.07) is 3.44. The highest BCUT2D eigenvalue weighted by Crippen LogP contribution is 1.97. The lowest BCUT2D eigenvalue weighted by Gasteiger charge is -1.96. The molecular weight excluding hydrogens is 183 g/mol. The predicted octanol–water partition coefficient (Wildman–Crippen LogP) is -1.66. The quantitative estimate of drug-likeness (QED) is 0.553. The topological polar surface area (TPSA) is 84.1 Å². The maximum Gasteiger partial charge on any atom is 0.491 e. The SMILES string of the molecule is OB(O)c1cnn(-c2cccnn2)c1. The van der Waals surface area contributed by atoms with Gasteiger partial charge in [0.15, 0.2) is 5.82 Å². The lowest BCUT2D eigenvalue weighted by Crippen LogP contribution is -2.28. The average Bonchev–Trinajstić information content (AvgIpc) is 2.68. The summed E-state index contributed by atoms with van der Waals surface area (Å²) >= 11 is 0. The Morgan fingerprint density at radius 2 is 2.21 bits per heavy atom. The molecule has 14 heavy (non-hydrogen) atoms. The van der Waals surface area contributed by atoms with E-state index in [1.165, 1.54) is 17.1 Å². The van der Waals surface area contributed by atoms with Crippen LogP contribution in [0, 0.1) is 0 Å². The number of nitrogens with zero attached hydrogens (tertiary/aromatic N) is 4. The molecule has 7 heteroatoms. The normalized spacial score (nSPS) is 10.1. The zero-order valence-electron chi connectivity index (χ0n) is 7.15. The van der Waals surface area contributed by atoms with Crippen LogP contribution in [-0.2, 0) is 0 Å². The molecule has 0 aliphatic heterocycles. The fraction of sp³-hybridized carbons (Fsp3) is 0. The van der Waals surface area contributed by atoms with Crippen LogP contribution in [0.3, 0.4) is 0 Å². The molecule has 2 rings (SSSR count). The van der Waals surface area contributed by atoms with Crippen LogP contribution in [0.1, 0.15) is 0 Å². The number of hydrogen-bond donors (Lipinski definition) is 2.